The third-order valence-corrected chi connectivity index (χ3v) is 3.89. The zero-order valence-electron chi connectivity index (χ0n) is 9.74. The molecule has 2 aromatic rings. The second kappa shape index (κ2) is 5.97. The van der Waals surface area contributed by atoms with Gasteiger partial charge in [-0.05, 0) is 18.6 Å². The molecule has 0 aliphatic rings. The number of nitrogens with one attached hydrogen (secondary N) is 2. The summed E-state index contributed by atoms with van der Waals surface area (Å²) in [7, 11) is 0. The smallest absolute Gasteiger partial charge is 0.321 e. The summed E-state index contributed by atoms with van der Waals surface area (Å²) >= 11 is 4.84. The van der Waals surface area contributed by atoms with Gasteiger partial charge in [-0.15, -0.1) is 11.3 Å². The maximum absolute atomic E-state index is 11.6. The van der Waals surface area contributed by atoms with Crippen molar-refractivity contribution < 1.29 is 4.79 Å². The van der Waals surface area contributed by atoms with Crippen LogP contribution in [0.4, 0.5) is 9.93 Å². The Hall–Kier alpha value is -1.40. The second-order valence-corrected chi connectivity index (χ2v) is 5.41. The molecule has 0 unspecified atom stereocenters. The van der Waals surface area contributed by atoms with Crippen molar-refractivity contribution in [1.82, 2.24) is 10.3 Å². The van der Waals surface area contributed by atoms with E-state index in [0.29, 0.717) is 11.7 Å². The Morgan fingerprint density at radius 2 is 2.22 bits per heavy atom. The molecule has 0 atom stereocenters. The first-order chi connectivity index (χ1) is 8.65. The number of anilines is 1. The van der Waals surface area contributed by atoms with E-state index < -0.39 is 0 Å². The molecule has 0 radical (unpaired) electrons. The Kier molecular flexibility index (Phi) is 4.33. The van der Waals surface area contributed by atoms with Crippen LogP contribution in [0.2, 0.25) is 0 Å². The molecule has 2 amide bonds. The van der Waals surface area contributed by atoms with E-state index in [-0.39, 0.29) is 6.03 Å². The van der Waals surface area contributed by atoms with Gasteiger partial charge < -0.3 is 5.32 Å². The minimum absolute atomic E-state index is 0.250. The number of halogens is 1. The predicted molar refractivity (Wildman–Crippen MR) is 76.9 cm³/mol. The molecule has 2 N–H and O–H groups in total. The predicted octanol–water partition coefficient (Wildman–Crippen LogP) is 3.54. The largest absolute Gasteiger partial charge is 0.334 e. The molecule has 0 saturated heterocycles. The van der Waals surface area contributed by atoms with Crippen LogP contribution in [0, 0.1) is 6.92 Å². The summed E-state index contributed by atoms with van der Waals surface area (Å²) in [4.78, 5) is 15.8. The fraction of sp³-hybridized carbons (Fsp3) is 0.167. The highest BCUT2D eigenvalue weighted by atomic mass is 79.9. The van der Waals surface area contributed by atoms with Gasteiger partial charge in [-0.1, -0.05) is 34.1 Å². The van der Waals surface area contributed by atoms with E-state index in [9.17, 15) is 4.79 Å². The molecule has 94 valence electrons. The molecule has 2 rings (SSSR count). The van der Waals surface area contributed by atoms with Crippen LogP contribution in [-0.2, 0) is 6.54 Å². The monoisotopic (exact) mass is 325 g/mol. The number of rotatable bonds is 3. The van der Waals surface area contributed by atoms with Crippen LogP contribution in [0.5, 0.6) is 0 Å². The molecule has 0 saturated carbocycles. The first kappa shape index (κ1) is 13.0. The molecule has 0 bridgehead atoms. The van der Waals surface area contributed by atoms with E-state index >= 15 is 0 Å². The number of hydrogen-bond donors (Lipinski definition) is 2. The fourth-order valence-corrected chi connectivity index (χ4v) is 2.48. The molecule has 1 heterocycles. The number of thiazole rings is 1. The Bertz CT molecular complexity index is 556. The number of aromatic nitrogens is 1. The van der Waals surface area contributed by atoms with Gasteiger partial charge in [0.1, 0.15) is 0 Å². The van der Waals surface area contributed by atoms with Crippen LogP contribution in [0.3, 0.4) is 0 Å². The minimum atomic E-state index is -0.250. The average Bonchev–Trinajstić information content (AvgIpc) is 2.74. The van der Waals surface area contributed by atoms with Gasteiger partial charge >= 0.3 is 6.03 Å². The highest BCUT2D eigenvalue weighted by molar-refractivity contribution is 9.10. The molecular weight excluding hydrogens is 314 g/mol. The normalized spacial score (nSPS) is 10.1. The first-order valence-corrected chi connectivity index (χ1v) is 7.03. The molecule has 18 heavy (non-hydrogen) atoms. The van der Waals surface area contributed by atoms with Gasteiger partial charge in [-0.3, -0.25) is 5.32 Å². The van der Waals surface area contributed by atoms with Crippen molar-refractivity contribution in [2.24, 2.45) is 0 Å². The quantitative estimate of drug-likeness (QED) is 0.906. The van der Waals surface area contributed by atoms with E-state index in [0.717, 1.165) is 15.7 Å². The Labute approximate surface area is 118 Å². The molecule has 6 heteroatoms. The van der Waals surface area contributed by atoms with Gasteiger partial charge in [0.05, 0.1) is 5.69 Å². The third kappa shape index (κ3) is 3.54. The van der Waals surface area contributed by atoms with Crippen molar-refractivity contribution in [3.05, 3.63) is 45.4 Å². The Balaban J connectivity index is 1.87. The van der Waals surface area contributed by atoms with Gasteiger partial charge in [0.15, 0.2) is 5.13 Å². The number of hydrogen-bond acceptors (Lipinski definition) is 3. The lowest BCUT2D eigenvalue weighted by Gasteiger charge is -2.06. The van der Waals surface area contributed by atoms with Crippen LogP contribution in [0.1, 0.15) is 11.3 Å². The van der Waals surface area contributed by atoms with E-state index in [1.165, 1.54) is 11.3 Å². The summed E-state index contributed by atoms with van der Waals surface area (Å²) in [6.07, 6.45) is 0. The van der Waals surface area contributed by atoms with Crippen molar-refractivity contribution in [3.63, 3.8) is 0 Å². The lowest BCUT2D eigenvalue weighted by atomic mass is 10.2. The highest BCUT2D eigenvalue weighted by Gasteiger charge is 2.05. The van der Waals surface area contributed by atoms with Crippen LogP contribution in [-0.4, -0.2) is 11.0 Å². The molecule has 4 nitrogen and oxygen atoms in total. The first-order valence-electron chi connectivity index (χ1n) is 5.35. The van der Waals surface area contributed by atoms with E-state index in [2.05, 4.69) is 31.5 Å². The van der Waals surface area contributed by atoms with Gasteiger partial charge in [-0.25, -0.2) is 9.78 Å². The van der Waals surface area contributed by atoms with Crippen molar-refractivity contribution in [3.8, 4) is 0 Å². The zero-order valence-corrected chi connectivity index (χ0v) is 12.1. The van der Waals surface area contributed by atoms with Crippen LogP contribution >= 0.6 is 27.3 Å². The number of nitrogens with zero attached hydrogens (tertiary/aromatic N) is 1. The number of carbonyl (C=O) groups excluding carboxylic acids is 1. The maximum atomic E-state index is 11.6. The maximum Gasteiger partial charge on any atom is 0.321 e. The zero-order chi connectivity index (χ0) is 13.0. The number of amides is 2. The van der Waals surface area contributed by atoms with Gasteiger partial charge in [0.2, 0.25) is 0 Å². The molecule has 1 aromatic carbocycles. The third-order valence-electron chi connectivity index (χ3n) is 2.24. The highest BCUT2D eigenvalue weighted by Crippen LogP contribution is 2.16. The summed E-state index contributed by atoms with van der Waals surface area (Å²) in [6, 6.07) is 7.52. The van der Waals surface area contributed by atoms with Crippen molar-refractivity contribution >= 4 is 38.4 Å². The van der Waals surface area contributed by atoms with Gasteiger partial charge in [0.25, 0.3) is 0 Å². The number of benzene rings is 1. The van der Waals surface area contributed by atoms with Gasteiger partial charge in [-0.2, -0.15) is 0 Å². The Morgan fingerprint density at radius 3 is 2.89 bits per heavy atom. The van der Waals surface area contributed by atoms with Crippen LogP contribution < -0.4 is 10.6 Å². The summed E-state index contributed by atoms with van der Waals surface area (Å²) in [5.74, 6) is 0. The van der Waals surface area contributed by atoms with E-state index in [1.54, 1.807) is 0 Å². The SMILES string of the molecule is Cc1csc(NC(=O)NCc2ccccc2Br)n1. The molecule has 0 aliphatic carbocycles. The number of urea groups is 1. The molecule has 0 spiro atoms. The van der Waals surface area contributed by atoms with Gasteiger partial charge in [0, 0.05) is 16.4 Å². The van der Waals surface area contributed by atoms with Crippen molar-refractivity contribution in [2.45, 2.75) is 13.5 Å². The second-order valence-electron chi connectivity index (χ2n) is 3.69. The lowest BCUT2D eigenvalue weighted by molar-refractivity contribution is 0.251. The molecule has 1 aromatic heterocycles. The van der Waals surface area contributed by atoms with Crippen LogP contribution in [0.15, 0.2) is 34.1 Å². The minimum Gasteiger partial charge on any atom is -0.334 e. The standard InChI is InChI=1S/C12H12BrN3OS/c1-8-7-18-12(15-8)16-11(17)14-6-9-4-2-3-5-10(9)13/h2-5,7H,6H2,1H3,(H2,14,15,16,17). The molecule has 0 fully saturated rings. The van der Waals surface area contributed by atoms with Crippen molar-refractivity contribution in [2.75, 3.05) is 5.32 Å². The number of carbonyl (C=O) groups is 1. The summed E-state index contributed by atoms with van der Waals surface area (Å²) < 4.78 is 0.982. The topological polar surface area (TPSA) is 54.0 Å². The van der Waals surface area contributed by atoms with Crippen LogP contribution in [0.25, 0.3) is 0 Å². The summed E-state index contributed by atoms with van der Waals surface area (Å²) in [6.45, 7) is 2.36. The van der Waals surface area contributed by atoms with Crippen molar-refractivity contribution in [1.29, 1.82) is 0 Å². The fourth-order valence-electron chi connectivity index (χ4n) is 1.37. The molecular formula is C12H12BrN3OS. The Morgan fingerprint density at radius 1 is 1.44 bits per heavy atom. The number of aryl methyl sites for hydroxylation is 1. The van der Waals surface area contributed by atoms with E-state index in [4.69, 9.17) is 0 Å². The summed E-state index contributed by atoms with van der Waals surface area (Å²) in [5.41, 5.74) is 1.93. The van der Waals surface area contributed by atoms with E-state index in [1.807, 2.05) is 36.6 Å². The molecule has 0 aliphatic heterocycles. The lowest BCUT2D eigenvalue weighted by Crippen LogP contribution is -2.28. The average molecular weight is 326 g/mol. The summed E-state index contributed by atoms with van der Waals surface area (Å²) in [5, 5.41) is 7.98.